The van der Waals surface area contributed by atoms with Crippen molar-refractivity contribution < 1.29 is 14.6 Å². The number of aliphatic hydroxyl groups is 1. The zero-order chi connectivity index (χ0) is 10.4. The van der Waals surface area contributed by atoms with Crippen LogP contribution in [0.3, 0.4) is 0 Å². The summed E-state index contributed by atoms with van der Waals surface area (Å²) in [5.41, 5.74) is 0.711. The summed E-state index contributed by atoms with van der Waals surface area (Å²) in [5.74, 6) is 4.89. The van der Waals surface area contributed by atoms with Gasteiger partial charge in [-0.25, -0.2) is 4.79 Å². The number of hydrogen-bond acceptors (Lipinski definition) is 4. The van der Waals surface area contributed by atoms with Gasteiger partial charge in [-0.1, -0.05) is 11.8 Å². The first-order valence-corrected chi connectivity index (χ1v) is 4.01. The number of carbonyl (C=O) groups is 1. The quantitative estimate of drug-likeness (QED) is 0.510. The maximum atomic E-state index is 11.1. The fourth-order valence-electron chi connectivity index (χ4n) is 0.852. The van der Waals surface area contributed by atoms with Gasteiger partial charge in [0.1, 0.15) is 0 Å². The second-order valence-corrected chi connectivity index (χ2v) is 2.43. The zero-order valence-electron chi connectivity index (χ0n) is 7.70. The summed E-state index contributed by atoms with van der Waals surface area (Å²) < 4.78 is 4.51. The molecular weight excluding hydrogens is 184 g/mol. The van der Waals surface area contributed by atoms with Crippen molar-refractivity contribution in [2.75, 3.05) is 13.7 Å². The molecule has 0 atom stereocenters. The summed E-state index contributed by atoms with van der Waals surface area (Å²) in [5, 5.41) is 14.7. The van der Waals surface area contributed by atoms with Crippen LogP contribution in [0, 0.1) is 11.8 Å². The number of esters is 1. The maximum Gasteiger partial charge on any atom is 0.357 e. The summed E-state index contributed by atoms with van der Waals surface area (Å²) in [6.45, 7) is -0.00158. The third kappa shape index (κ3) is 2.34. The smallest absolute Gasteiger partial charge is 0.357 e. The molecule has 0 saturated heterocycles. The van der Waals surface area contributed by atoms with Gasteiger partial charge in [-0.2, -0.15) is 5.10 Å². The lowest BCUT2D eigenvalue weighted by Gasteiger charge is -1.93. The maximum absolute atomic E-state index is 11.1. The van der Waals surface area contributed by atoms with Crippen LogP contribution >= 0.6 is 0 Å². The molecule has 74 valence electrons. The van der Waals surface area contributed by atoms with E-state index in [1.165, 1.54) is 13.3 Å². The monoisotopic (exact) mass is 194 g/mol. The van der Waals surface area contributed by atoms with Gasteiger partial charge in [0, 0.05) is 6.42 Å². The summed E-state index contributed by atoms with van der Waals surface area (Å²) in [6, 6.07) is 0. The average molecular weight is 194 g/mol. The molecular formula is C9H10N2O3. The Bertz CT molecular complexity index is 373. The molecule has 2 N–H and O–H groups in total. The fourth-order valence-corrected chi connectivity index (χ4v) is 0.852. The van der Waals surface area contributed by atoms with Crippen molar-refractivity contribution >= 4 is 5.97 Å². The van der Waals surface area contributed by atoms with Gasteiger partial charge in [-0.3, -0.25) is 5.10 Å². The Kier molecular flexibility index (Phi) is 3.70. The lowest BCUT2D eigenvalue weighted by atomic mass is 10.2. The highest BCUT2D eigenvalue weighted by Gasteiger charge is 2.11. The zero-order valence-corrected chi connectivity index (χ0v) is 7.70. The average Bonchev–Trinajstić information content (AvgIpc) is 2.65. The minimum Gasteiger partial charge on any atom is -0.464 e. The predicted molar refractivity (Wildman–Crippen MR) is 48.5 cm³/mol. The Hall–Kier alpha value is -1.80. The Morgan fingerprint density at radius 1 is 1.79 bits per heavy atom. The highest BCUT2D eigenvalue weighted by molar-refractivity contribution is 5.89. The minimum atomic E-state index is -0.504. The third-order valence-electron chi connectivity index (χ3n) is 1.49. The van der Waals surface area contributed by atoms with E-state index in [2.05, 4.69) is 26.8 Å². The van der Waals surface area contributed by atoms with Crippen LogP contribution in [0.5, 0.6) is 0 Å². The number of nitrogens with one attached hydrogen (secondary N) is 1. The number of aromatic amines is 1. The Balaban J connectivity index is 2.84. The molecule has 0 aromatic carbocycles. The van der Waals surface area contributed by atoms with Gasteiger partial charge in [0.15, 0.2) is 5.69 Å². The summed E-state index contributed by atoms with van der Waals surface area (Å²) in [6.07, 6.45) is 1.81. The Morgan fingerprint density at radius 3 is 3.21 bits per heavy atom. The van der Waals surface area contributed by atoms with Crippen molar-refractivity contribution in [1.29, 1.82) is 0 Å². The number of aliphatic hydroxyl groups excluding tert-OH is 1. The first kappa shape index (κ1) is 10.3. The Labute approximate surface area is 81.1 Å². The van der Waals surface area contributed by atoms with E-state index >= 15 is 0 Å². The van der Waals surface area contributed by atoms with E-state index in [4.69, 9.17) is 5.11 Å². The number of H-pyrrole nitrogens is 1. The fraction of sp³-hybridized carbons (Fsp3) is 0.333. The third-order valence-corrected chi connectivity index (χ3v) is 1.49. The van der Waals surface area contributed by atoms with Crippen molar-refractivity contribution in [3.63, 3.8) is 0 Å². The van der Waals surface area contributed by atoms with Crippen molar-refractivity contribution in [1.82, 2.24) is 10.2 Å². The molecule has 0 amide bonds. The molecule has 0 unspecified atom stereocenters. The standard InChI is InChI=1S/C9H10N2O3/c1-14-9(13)8-7(6-10-11-8)4-2-3-5-12/h6,12H,3,5H2,1H3,(H,10,11). The summed E-state index contributed by atoms with van der Waals surface area (Å²) in [7, 11) is 1.29. The van der Waals surface area contributed by atoms with Crippen LogP contribution in [0.15, 0.2) is 6.20 Å². The van der Waals surface area contributed by atoms with E-state index in [1.54, 1.807) is 0 Å². The largest absolute Gasteiger partial charge is 0.464 e. The SMILES string of the molecule is COC(=O)c1[nH]ncc1C#CCCO. The van der Waals surface area contributed by atoms with Crippen LogP contribution in [0.4, 0.5) is 0 Å². The molecule has 0 aliphatic carbocycles. The van der Waals surface area contributed by atoms with Crippen molar-refractivity contribution in [3.05, 3.63) is 17.5 Å². The van der Waals surface area contributed by atoms with E-state index in [-0.39, 0.29) is 12.3 Å². The highest BCUT2D eigenvalue weighted by atomic mass is 16.5. The second-order valence-electron chi connectivity index (χ2n) is 2.43. The van der Waals surface area contributed by atoms with Crippen LogP contribution in [0.25, 0.3) is 0 Å². The van der Waals surface area contributed by atoms with Crippen LogP contribution < -0.4 is 0 Å². The normalized spacial score (nSPS) is 9.00. The van der Waals surface area contributed by atoms with Gasteiger partial charge < -0.3 is 9.84 Å². The lowest BCUT2D eigenvalue weighted by Crippen LogP contribution is -2.03. The predicted octanol–water partition coefficient (Wildman–Crippen LogP) is -0.0698. The van der Waals surface area contributed by atoms with E-state index in [1.807, 2.05) is 0 Å². The number of methoxy groups -OCH3 is 1. The first-order valence-electron chi connectivity index (χ1n) is 4.01. The molecule has 1 rings (SSSR count). The first-order chi connectivity index (χ1) is 6.79. The summed E-state index contributed by atoms with van der Waals surface area (Å²) >= 11 is 0. The molecule has 0 bridgehead atoms. The van der Waals surface area contributed by atoms with Gasteiger partial charge in [-0.05, 0) is 0 Å². The molecule has 0 saturated carbocycles. The molecule has 0 aliphatic rings. The van der Waals surface area contributed by atoms with Crippen LogP contribution in [-0.4, -0.2) is 35.0 Å². The van der Waals surface area contributed by atoms with Gasteiger partial charge in [0.05, 0.1) is 25.5 Å². The molecule has 0 fully saturated rings. The number of ether oxygens (including phenoxy) is 1. The van der Waals surface area contributed by atoms with Crippen molar-refractivity contribution in [2.45, 2.75) is 6.42 Å². The topological polar surface area (TPSA) is 75.2 Å². The van der Waals surface area contributed by atoms with E-state index in [9.17, 15) is 4.79 Å². The molecule has 5 nitrogen and oxygen atoms in total. The molecule has 1 heterocycles. The van der Waals surface area contributed by atoms with Crippen LogP contribution in [0.1, 0.15) is 22.5 Å². The molecule has 0 spiro atoms. The Morgan fingerprint density at radius 2 is 2.57 bits per heavy atom. The molecule has 14 heavy (non-hydrogen) atoms. The number of rotatable bonds is 2. The van der Waals surface area contributed by atoms with E-state index < -0.39 is 5.97 Å². The van der Waals surface area contributed by atoms with Gasteiger partial charge in [0.25, 0.3) is 0 Å². The molecule has 1 aromatic rings. The molecule has 1 aromatic heterocycles. The lowest BCUT2D eigenvalue weighted by molar-refractivity contribution is 0.0593. The van der Waals surface area contributed by atoms with Gasteiger partial charge >= 0.3 is 5.97 Å². The summed E-state index contributed by atoms with van der Waals surface area (Å²) in [4.78, 5) is 11.1. The van der Waals surface area contributed by atoms with Crippen LogP contribution in [-0.2, 0) is 4.74 Å². The second kappa shape index (κ2) is 5.04. The number of aromatic nitrogens is 2. The van der Waals surface area contributed by atoms with Gasteiger partial charge in [0.2, 0.25) is 0 Å². The number of carbonyl (C=O) groups excluding carboxylic acids is 1. The van der Waals surface area contributed by atoms with Gasteiger partial charge in [-0.15, -0.1) is 0 Å². The van der Waals surface area contributed by atoms with E-state index in [0.29, 0.717) is 12.0 Å². The highest BCUT2D eigenvalue weighted by Crippen LogP contribution is 2.03. The molecule has 5 heteroatoms. The minimum absolute atomic E-state index is 0.00158. The van der Waals surface area contributed by atoms with Crippen molar-refractivity contribution in [3.8, 4) is 11.8 Å². The molecule has 0 radical (unpaired) electrons. The number of nitrogens with zero attached hydrogens (tertiary/aromatic N) is 1. The van der Waals surface area contributed by atoms with Crippen molar-refractivity contribution in [2.24, 2.45) is 0 Å². The van der Waals surface area contributed by atoms with Crippen LogP contribution in [0.2, 0.25) is 0 Å². The van der Waals surface area contributed by atoms with E-state index in [0.717, 1.165) is 0 Å². The number of hydrogen-bond donors (Lipinski definition) is 2. The molecule has 0 aliphatic heterocycles.